The van der Waals surface area contributed by atoms with Crippen molar-refractivity contribution in [1.82, 2.24) is 0 Å². The van der Waals surface area contributed by atoms with Crippen molar-refractivity contribution in [2.45, 2.75) is 0 Å². The molecular formula is C13H9ClF2N2S. The molecule has 2 rings (SSSR count). The minimum absolute atomic E-state index is 0.0103. The van der Waals surface area contributed by atoms with Crippen LogP contribution in [0.25, 0.3) is 0 Å². The highest BCUT2D eigenvalue weighted by Gasteiger charge is 2.07. The van der Waals surface area contributed by atoms with Gasteiger partial charge in [-0.2, -0.15) is 0 Å². The monoisotopic (exact) mass is 298 g/mol. The number of nitrogens with one attached hydrogen (secondary N) is 1. The molecule has 0 aliphatic carbocycles. The van der Waals surface area contributed by atoms with Gasteiger partial charge in [-0.1, -0.05) is 23.8 Å². The van der Waals surface area contributed by atoms with Gasteiger partial charge in [0.15, 0.2) is 0 Å². The molecule has 0 atom stereocenters. The molecule has 6 heteroatoms. The van der Waals surface area contributed by atoms with Crippen LogP contribution >= 0.6 is 23.8 Å². The summed E-state index contributed by atoms with van der Waals surface area (Å²) in [5, 5.41) is 3.09. The standard InChI is InChI=1S/C13H9ClF2N2S/c14-10-5-7(15)1-4-12(10)18-8-2-3-9(13(17)19)11(16)6-8/h1-6,18H,(H2,17,19). The van der Waals surface area contributed by atoms with E-state index in [2.05, 4.69) is 5.32 Å². The lowest BCUT2D eigenvalue weighted by atomic mass is 10.2. The molecule has 0 fully saturated rings. The second kappa shape index (κ2) is 5.50. The quantitative estimate of drug-likeness (QED) is 0.841. The SMILES string of the molecule is NC(=S)c1ccc(Nc2ccc(F)cc2Cl)cc1F. The Hall–Kier alpha value is -1.72. The second-order valence-electron chi connectivity index (χ2n) is 3.81. The van der Waals surface area contributed by atoms with Crippen molar-refractivity contribution < 1.29 is 8.78 Å². The van der Waals surface area contributed by atoms with Crippen LogP contribution in [0, 0.1) is 11.6 Å². The minimum Gasteiger partial charge on any atom is -0.389 e. The lowest BCUT2D eigenvalue weighted by Crippen LogP contribution is -2.11. The number of halogens is 3. The molecule has 0 unspecified atom stereocenters. The van der Waals surface area contributed by atoms with Gasteiger partial charge in [0.25, 0.3) is 0 Å². The molecule has 2 aromatic rings. The van der Waals surface area contributed by atoms with Crippen molar-refractivity contribution in [2.75, 3.05) is 5.32 Å². The summed E-state index contributed by atoms with van der Waals surface area (Å²) in [5.41, 5.74) is 6.48. The van der Waals surface area contributed by atoms with Gasteiger partial charge in [0.2, 0.25) is 0 Å². The van der Waals surface area contributed by atoms with Gasteiger partial charge in [-0.3, -0.25) is 0 Å². The summed E-state index contributed by atoms with van der Waals surface area (Å²) in [5.74, 6) is -0.971. The van der Waals surface area contributed by atoms with Crippen LogP contribution in [0.15, 0.2) is 36.4 Å². The first-order chi connectivity index (χ1) is 8.97. The van der Waals surface area contributed by atoms with Crippen molar-refractivity contribution >= 4 is 40.2 Å². The van der Waals surface area contributed by atoms with Gasteiger partial charge < -0.3 is 11.1 Å². The Morgan fingerprint density at radius 2 is 1.89 bits per heavy atom. The van der Waals surface area contributed by atoms with E-state index < -0.39 is 11.6 Å². The molecule has 0 saturated carbocycles. The number of rotatable bonds is 3. The summed E-state index contributed by atoms with van der Waals surface area (Å²) >= 11 is 10.6. The normalized spacial score (nSPS) is 10.3. The maximum atomic E-state index is 13.7. The van der Waals surface area contributed by atoms with E-state index in [1.165, 1.54) is 30.3 Å². The van der Waals surface area contributed by atoms with E-state index in [0.717, 1.165) is 0 Å². The third-order valence-corrected chi connectivity index (χ3v) is 2.98. The van der Waals surface area contributed by atoms with Crippen LogP contribution in [0.5, 0.6) is 0 Å². The summed E-state index contributed by atoms with van der Waals surface area (Å²) < 4.78 is 26.6. The van der Waals surface area contributed by atoms with E-state index in [4.69, 9.17) is 29.6 Å². The Morgan fingerprint density at radius 1 is 1.16 bits per heavy atom. The Bertz CT molecular complexity index is 647. The molecule has 0 heterocycles. The molecule has 0 bridgehead atoms. The van der Waals surface area contributed by atoms with Gasteiger partial charge in [0.1, 0.15) is 16.6 Å². The topological polar surface area (TPSA) is 38.0 Å². The summed E-state index contributed by atoms with van der Waals surface area (Å²) in [7, 11) is 0. The van der Waals surface area contributed by atoms with Gasteiger partial charge in [-0.25, -0.2) is 8.78 Å². The summed E-state index contributed by atoms with van der Waals surface area (Å²) in [6.07, 6.45) is 0. The van der Waals surface area contributed by atoms with Crippen LogP contribution in [0.4, 0.5) is 20.2 Å². The van der Waals surface area contributed by atoms with Crippen LogP contribution in [-0.4, -0.2) is 4.99 Å². The van der Waals surface area contributed by atoms with Crippen LogP contribution in [0.3, 0.4) is 0 Å². The number of nitrogens with two attached hydrogens (primary N) is 1. The lowest BCUT2D eigenvalue weighted by Gasteiger charge is -2.10. The van der Waals surface area contributed by atoms with Crippen molar-refractivity contribution in [3.8, 4) is 0 Å². The average molecular weight is 299 g/mol. The molecule has 3 N–H and O–H groups in total. The highest BCUT2D eigenvalue weighted by molar-refractivity contribution is 7.80. The summed E-state index contributed by atoms with van der Waals surface area (Å²) in [6, 6.07) is 8.22. The fraction of sp³-hybridized carbons (Fsp3) is 0. The summed E-state index contributed by atoms with van der Waals surface area (Å²) in [4.78, 5) is -0.0103. The van der Waals surface area contributed by atoms with Crippen LogP contribution in [-0.2, 0) is 0 Å². The molecule has 19 heavy (non-hydrogen) atoms. The lowest BCUT2D eigenvalue weighted by molar-refractivity contribution is 0.625. The first-order valence-electron chi connectivity index (χ1n) is 5.29. The highest BCUT2D eigenvalue weighted by Crippen LogP contribution is 2.26. The van der Waals surface area contributed by atoms with Gasteiger partial charge in [0, 0.05) is 11.3 Å². The molecular weight excluding hydrogens is 290 g/mol. The number of benzene rings is 2. The van der Waals surface area contributed by atoms with Crippen molar-refractivity contribution in [2.24, 2.45) is 5.73 Å². The predicted molar refractivity (Wildman–Crippen MR) is 77.0 cm³/mol. The Balaban J connectivity index is 2.29. The van der Waals surface area contributed by atoms with E-state index in [-0.39, 0.29) is 15.6 Å². The fourth-order valence-electron chi connectivity index (χ4n) is 1.54. The Morgan fingerprint density at radius 3 is 2.47 bits per heavy atom. The first-order valence-corrected chi connectivity index (χ1v) is 6.07. The fourth-order valence-corrected chi connectivity index (χ4v) is 1.92. The maximum Gasteiger partial charge on any atom is 0.135 e. The van der Waals surface area contributed by atoms with Crippen molar-refractivity contribution in [3.05, 3.63) is 58.6 Å². The largest absolute Gasteiger partial charge is 0.389 e. The third kappa shape index (κ3) is 3.19. The molecule has 0 saturated heterocycles. The van der Waals surface area contributed by atoms with Crippen LogP contribution < -0.4 is 11.1 Å². The zero-order valence-corrected chi connectivity index (χ0v) is 11.2. The number of anilines is 2. The molecule has 0 radical (unpaired) electrons. The molecule has 2 nitrogen and oxygen atoms in total. The van der Waals surface area contributed by atoms with E-state index in [1.807, 2.05) is 0 Å². The second-order valence-corrected chi connectivity index (χ2v) is 4.66. The Kier molecular flexibility index (Phi) is 3.97. The van der Waals surface area contributed by atoms with Gasteiger partial charge in [0.05, 0.1) is 10.7 Å². The number of hydrogen-bond donors (Lipinski definition) is 2. The molecule has 98 valence electrons. The highest BCUT2D eigenvalue weighted by atomic mass is 35.5. The molecule has 2 aromatic carbocycles. The van der Waals surface area contributed by atoms with E-state index >= 15 is 0 Å². The molecule has 0 amide bonds. The Labute approximate surface area is 119 Å². The number of thiocarbonyl (C=S) groups is 1. The predicted octanol–water partition coefficient (Wildman–Crippen LogP) is 4.00. The maximum absolute atomic E-state index is 13.7. The first kappa shape index (κ1) is 13.7. The third-order valence-electron chi connectivity index (χ3n) is 2.44. The molecule has 0 aliphatic heterocycles. The zero-order chi connectivity index (χ0) is 14.0. The van der Waals surface area contributed by atoms with E-state index in [1.54, 1.807) is 6.07 Å². The van der Waals surface area contributed by atoms with Gasteiger partial charge >= 0.3 is 0 Å². The van der Waals surface area contributed by atoms with Crippen LogP contribution in [0.2, 0.25) is 5.02 Å². The van der Waals surface area contributed by atoms with Crippen molar-refractivity contribution in [3.63, 3.8) is 0 Å². The summed E-state index contributed by atoms with van der Waals surface area (Å²) in [6.45, 7) is 0. The van der Waals surface area contributed by atoms with Gasteiger partial charge in [-0.05, 0) is 36.4 Å². The molecule has 0 spiro atoms. The van der Waals surface area contributed by atoms with E-state index in [0.29, 0.717) is 11.4 Å². The number of hydrogen-bond acceptors (Lipinski definition) is 2. The minimum atomic E-state index is -0.532. The zero-order valence-electron chi connectivity index (χ0n) is 9.58. The molecule has 0 aromatic heterocycles. The molecule has 0 aliphatic rings. The van der Waals surface area contributed by atoms with Gasteiger partial charge in [-0.15, -0.1) is 0 Å². The smallest absolute Gasteiger partial charge is 0.135 e. The van der Waals surface area contributed by atoms with Crippen LogP contribution in [0.1, 0.15) is 5.56 Å². The van der Waals surface area contributed by atoms with E-state index in [9.17, 15) is 8.78 Å². The average Bonchev–Trinajstić information content (AvgIpc) is 2.32. The van der Waals surface area contributed by atoms with Crippen molar-refractivity contribution in [1.29, 1.82) is 0 Å².